The molecule has 0 saturated carbocycles. The minimum atomic E-state index is -0.482. The summed E-state index contributed by atoms with van der Waals surface area (Å²) in [5, 5.41) is 10.5. The first kappa shape index (κ1) is 13.1. The number of aliphatic hydroxyl groups is 1. The Hall–Kier alpha value is -0.910. The molecule has 0 aromatic carbocycles. The summed E-state index contributed by atoms with van der Waals surface area (Å²) in [4.78, 5) is 4.27. The Labute approximate surface area is 113 Å². The summed E-state index contributed by atoms with van der Waals surface area (Å²) in [7, 11) is 1.92. The average molecular weight is 266 g/mol. The van der Waals surface area contributed by atoms with E-state index in [1.807, 2.05) is 17.8 Å². The summed E-state index contributed by atoms with van der Waals surface area (Å²) in [5.74, 6) is 0.238. The van der Waals surface area contributed by atoms with Crippen LogP contribution in [-0.4, -0.2) is 40.1 Å². The van der Waals surface area contributed by atoms with Gasteiger partial charge in [0.1, 0.15) is 6.10 Å². The molecule has 1 spiro atoms. The van der Waals surface area contributed by atoms with Crippen molar-refractivity contribution in [1.82, 2.24) is 9.55 Å². The molecule has 5 nitrogen and oxygen atoms in total. The van der Waals surface area contributed by atoms with Crippen LogP contribution in [0.3, 0.4) is 0 Å². The minimum absolute atomic E-state index is 0.0725. The molecule has 3 heterocycles. The van der Waals surface area contributed by atoms with Crippen LogP contribution in [0.5, 0.6) is 0 Å². The molecule has 0 bridgehead atoms. The van der Waals surface area contributed by atoms with Crippen molar-refractivity contribution in [2.75, 3.05) is 19.8 Å². The molecule has 106 valence electrons. The van der Waals surface area contributed by atoms with Crippen LogP contribution in [-0.2, 0) is 16.5 Å². The molecule has 2 saturated heterocycles. The number of ether oxygens (including phenoxy) is 2. The van der Waals surface area contributed by atoms with Crippen LogP contribution >= 0.6 is 0 Å². The van der Waals surface area contributed by atoms with Gasteiger partial charge in [-0.1, -0.05) is 0 Å². The summed E-state index contributed by atoms with van der Waals surface area (Å²) in [6.07, 6.45) is 6.86. The van der Waals surface area contributed by atoms with Gasteiger partial charge in [-0.05, 0) is 31.6 Å². The van der Waals surface area contributed by atoms with Gasteiger partial charge in [0.05, 0.1) is 17.6 Å². The maximum atomic E-state index is 10.5. The van der Waals surface area contributed by atoms with Crippen molar-refractivity contribution in [3.63, 3.8) is 0 Å². The van der Waals surface area contributed by atoms with Crippen molar-refractivity contribution in [2.24, 2.45) is 13.0 Å². The molecule has 2 fully saturated rings. The van der Waals surface area contributed by atoms with Crippen LogP contribution in [0.15, 0.2) is 12.5 Å². The fourth-order valence-corrected chi connectivity index (χ4v) is 3.25. The third-order valence-electron chi connectivity index (χ3n) is 4.41. The van der Waals surface area contributed by atoms with Gasteiger partial charge in [0.25, 0.3) is 0 Å². The summed E-state index contributed by atoms with van der Waals surface area (Å²) < 4.78 is 13.3. The van der Waals surface area contributed by atoms with E-state index < -0.39 is 6.10 Å². The van der Waals surface area contributed by atoms with Gasteiger partial charge in [-0.3, -0.25) is 0 Å². The molecule has 19 heavy (non-hydrogen) atoms. The zero-order valence-corrected chi connectivity index (χ0v) is 11.4. The zero-order chi connectivity index (χ0) is 13.3. The molecule has 2 aliphatic heterocycles. The van der Waals surface area contributed by atoms with Crippen LogP contribution in [0, 0.1) is 5.92 Å². The molecule has 1 N–H and O–H groups in total. The van der Waals surface area contributed by atoms with Crippen LogP contribution in [0.4, 0.5) is 0 Å². The Morgan fingerprint density at radius 3 is 2.89 bits per heavy atom. The predicted octanol–water partition coefficient (Wildman–Crippen LogP) is 1.43. The predicted molar refractivity (Wildman–Crippen MR) is 69.6 cm³/mol. The number of aryl methyl sites for hydroxylation is 1. The number of rotatable bonds is 2. The number of aliphatic hydroxyl groups excluding tert-OH is 1. The first-order valence-corrected chi connectivity index (χ1v) is 7.06. The summed E-state index contributed by atoms with van der Waals surface area (Å²) in [6.45, 7) is 2.27. The highest BCUT2D eigenvalue weighted by Gasteiger charge is 2.41. The van der Waals surface area contributed by atoms with E-state index in [1.54, 1.807) is 6.33 Å². The van der Waals surface area contributed by atoms with E-state index >= 15 is 0 Å². The maximum absolute atomic E-state index is 10.5. The van der Waals surface area contributed by atoms with Crippen molar-refractivity contribution >= 4 is 0 Å². The highest BCUT2D eigenvalue weighted by atomic mass is 16.5. The molecule has 0 amide bonds. The second-order valence-corrected chi connectivity index (χ2v) is 5.81. The Morgan fingerprint density at radius 1 is 1.42 bits per heavy atom. The number of aromatic nitrogens is 2. The Morgan fingerprint density at radius 2 is 2.21 bits per heavy atom. The molecule has 2 unspecified atom stereocenters. The molecule has 1 aromatic heterocycles. The lowest BCUT2D eigenvalue weighted by Crippen LogP contribution is -2.45. The van der Waals surface area contributed by atoms with E-state index in [2.05, 4.69) is 4.98 Å². The highest BCUT2D eigenvalue weighted by molar-refractivity contribution is 5.04. The van der Waals surface area contributed by atoms with Crippen molar-refractivity contribution in [1.29, 1.82) is 0 Å². The van der Waals surface area contributed by atoms with E-state index in [0.717, 1.165) is 51.2 Å². The van der Waals surface area contributed by atoms with Gasteiger partial charge >= 0.3 is 0 Å². The highest BCUT2D eigenvalue weighted by Crippen LogP contribution is 2.41. The minimum Gasteiger partial charge on any atom is -0.386 e. The van der Waals surface area contributed by atoms with Gasteiger partial charge in [-0.15, -0.1) is 0 Å². The number of imidazole rings is 1. The summed E-state index contributed by atoms with van der Waals surface area (Å²) in [6, 6.07) is 0. The van der Waals surface area contributed by atoms with Gasteiger partial charge in [-0.25, -0.2) is 4.98 Å². The maximum Gasteiger partial charge on any atom is 0.100 e. The molecule has 5 heteroatoms. The van der Waals surface area contributed by atoms with Gasteiger partial charge in [0.2, 0.25) is 0 Å². The molecule has 1 aromatic rings. The molecule has 2 atom stereocenters. The largest absolute Gasteiger partial charge is 0.386 e. The SMILES string of the molecule is Cn1cnc(C(O)C2CCOC3(CCOCC3)C2)c1. The Kier molecular flexibility index (Phi) is 3.60. The van der Waals surface area contributed by atoms with Crippen LogP contribution < -0.4 is 0 Å². The van der Waals surface area contributed by atoms with E-state index in [9.17, 15) is 5.11 Å². The fourth-order valence-electron chi connectivity index (χ4n) is 3.25. The number of nitrogens with zero attached hydrogens (tertiary/aromatic N) is 2. The first-order valence-electron chi connectivity index (χ1n) is 7.06. The van der Waals surface area contributed by atoms with Gasteiger partial charge in [0, 0.05) is 33.1 Å². The van der Waals surface area contributed by atoms with Crippen molar-refractivity contribution in [3.8, 4) is 0 Å². The first-order chi connectivity index (χ1) is 9.19. The summed E-state index contributed by atoms with van der Waals surface area (Å²) in [5.41, 5.74) is 0.702. The van der Waals surface area contributed by atoms with Crippen molar-refractivity contribution in [2.45, 2.75) is 37.4 Å². The van der Waals surface area contributed by atoms with E-state index in [0.29, 0.717) is 0 Å². The van der Waals surface area contributed by atoms with E-state index in [1.165, 1.54) is 0 Å². The zero-order valence-electron chi connectivity index (χ0n) is 11.4. The van der Waals surface area contributed by atoms with Gasteiger partial charge < -0.3 is 19.1 Å². The second-order valence-electron chi connectivity index (χ2n) is 5.81. The van der Waals surface area contributed by atoms with Gasteiger partial charge in [0.15, 0.2) is 0 Å². The van der Waals surface area contributed by atoms with Crippen LogP contribution in [0.2, 0.25) is 0 Å². The molecule has 0 radical (unpaired) electrons. The van der Waals surface area contributed by atoms with Crippen LogP contribution in [0.1, 0.15) is 37.5 Å². The molecular weight excluding hydrogens is 244 g/mol. The molecular formula is C14H22N2O3. The Bertz CT molecular complexity index is 421. The van der Waals surface area contributed by atoms with Crippen LogP contribution in [0.25, 0.3) is 0 Å². The lowest BCUT2D eigenvalue weighted by Gasteiger charge is -2.44. The van der Waals surface area contributed by atoms with Crippen molar-refractivity contribution in [3.05, 3.63) is 18.2 Å². The average Bonchev–Trinajstić information content (AvgIpc) is 2.85. The lowest BCUT2D eigenvalue weighted by molar-refractivity contribution is -0.159. The van der Waals surface area contributed by atoms with E-state index in [4.69, 9.17) is 9.47 Å². The van der Waals surface area contributed by atoms with E-state index in [-0.39, 0.29) is 11.5 Å². The third kappa shape index (κ3) is 2.68. The summed E-state index contributed by atoms with van der Waals surface area (Å²) >= 11 is 0. The number of hydrogen-bond acceptors (Lipinski definition) is 4. The number of hydrogen-bond donors (Lipinski definition) is 1. The van der Waals surface area contributed by atoms with Gasteiger partial charge in [-0.2, -0.15) is 0 Å². The molecule has 0 aliphatic carbocycles. The monoisotopic (exact) mass is 266 g/mol. The van der Waals surface area contributed by atoms with Crippen molar-refractivity contribution < 1.29 is 14.6 Å². The Balaban J connectivity index is 1.70. The molecule has 2 aliphatic rings. The third-order valence-corrected chi connectivity index (χ3v) is 4.41. The fraction of sp³-hybridized carbons (Fsp3) is 0.786. The standard InChI is InChI=1S/C14H22N2O3/c1-16-9-12(15-10-16)13(17)11-2-5-19-14(8-11)3-6-18-7-4-14/h9-11,13,17H,2-8H2,1H3. The topological polar surface area (TPSA) is 56.5 Å². The smallest absolute Gasteiger partial charge is 0.100 e. The second kappa shape index (κ2) is 5.23. The normalized spacial score (nSPS) is 28.4. The quantitative estimate of drug-likeness (QED) is 0.880. The lowest BCUT2D eigenvalue weighted by atomic mass is 9.78. The molecule has 3 rings (SSSR count).